The van der Waals surface area contributed by atoms with E-state index in [1.807, 2.05) is 6.92 Å². The summed E-state index contributed by atoms with van der Waals surface area (Å²) in [7, 11) is 0. The van der Waals surface area contributed by atoms with E-state index in [9.17, 15) is 9.90 Å². The molecule has 3 heteroatoms. The van der Waals surface area contributed by atoms with Gasteiger partial charge in [-0.2, -0.15) is 0 Å². The largest absolute Gasteiger partial charge is 0.463 e. The Morgan fingerprint density at radius 2 is 2.00 bits per heavy atom. The molecule has 114 valence electrons. The number of allylic oxidation sites excluding steroid dienone is 1. The molecule has 0 aliphatic heterocycles. The van der Waals surface area contributed by atoms with Crippen LogP contribution >= 0.6 is 0 Å². The van der Waals surface area contributed by atoms with Crippen LogP contribution < -0.4 is 0 Å². The van der Waals surface area contributed by atoms with Gasteiger partial charge in [0.1, 0.15) is 0 Å². The first-order chi connectivity index (χ1) is 9.25. The van der Waals surface area contributed by atoms with E-state index < -0.39 is 0 Å². The molecule has 0 saturated heterocycles. The number of ether oxygens (including phenoxy) is 1. The molecular weight excluding hydrogens is 252 g/mol. The predicted molar refractivity (Wildman–Crippen MR) is 79.2 cm³/mol. The zero-order valence-corrected chi connectivity index (χ0v) is 13.5. The highest BCUT2D eigenvalue weighted by Crippen LogP contribution is 2.59. The summed E-state index contributed by atoms with van der Waals surface area (Å²) in [5.74, 6) is 0.186. The molecule has 1 saturated carbocycles. The third-order valence-electron chi connectivity index (χ3n) is 5.75. The van der Waals surface area contributed by atoms with Crippen molar-refractivity contribution >= 4 is 5.97 Å². The van der Waals surface area contributed by atoms with Crippen LogP contribution in [0.4, 0.5) is 0 Å². The fourth-order valence-electron chi connectivity index (χ4n) is 4.61. The molecule has 0 heterocycles. The molecule has 20 heavy (non-hydrogen) atoms. The Morgan fingerprint density at radius 1 is 1.35 bits per heavy atom. The second kappa shape index (κ2) is 5.18. The molecule has 0 aromatic rings. The van der Waals surface area contributed by atoms with E-state index in [2.05, 4.69) is 27.7 Å². The van der Waals surface area contributed by atoms with Crippen LogP contribution in [0.2, 0.25) is 0 Å². The molecule has 0 bridgehead atoms. The minimum atomic E-state index is -0.276. The van der Waals surface area contributed by atoms with Crippen LogP contribution in [0, 0.1) is 16.7 Å². The van der Waals surface area contributed by atoms with Crippen molar-refractivity contribution in [2.24, 2.45) is 16.7 Å². The fourth-order valence-corrected chi connectivity index (χ4v) is 4.61. The molecule has 2 rings (SSSR count). The minimum absolute atomic E-state index is 0.147. The summed E-state index contributed by atoms with van der Waals surface area (Å²) in [6.45, 7) is 10.8. The second-order valence-electron chi connectivity index (χ2n) is 7.26. The van der Waals surface area contributed by atoms with Gasteiger partial charge in [-0.1, -0.05) is 26.3 Å². The molecule has 2 aliphatic carbocycles. The Hall–Kier alpha value is -0.830. The summed E-state index contributed by atoms with van der Waals surface area (Å²) >= 11 is 0. The zero-order valence-electron chi connectivity index (χ0n) is 13.5. The zero-order chi connectivity index (χ0) is 15.1. The lowest BCUT2D eigenvalue weighted by atomic mass is 9.49. The van der Waals surface area contributed by atoms with Crippen LogP contribution in [0.5, 0.6) is 0 Å². The van der Waals surface area contributed by atoms with Crippen LogP contribution in [-0.4, -0.2) is 23.8 Å². The molecule has 0 spiro atoms. The van der Waals surface area contributed by atoms with E-state index in [4.69, 9.17) is 4.74 Å². The van der Waals surface area contributed by atoms with Gasteiger partial charge in [0.05, 0.1) is 12.7 Å². The monoisotopic (exact) mass is 280 g/mol. The van der Waals surface area contributed by atoms with Gasteiger partial charge in [0, 0.05) is 11.0 Å². The minimum Gasteiger partial charge on any atom is -0.463 e. The summed E-state index contributed by atoms with van der Waals surface area (Å²) in [4.78, 5) is 12.4. The van der Waals surface area contributed by atoms with Gasteiger partial charge in [-0.15, -0.1) is 0 Å². The lowest BCUT2D eigenvalue weighted by Gasteiger charge is -2.56. The van der Waals surface area contributed by atoms with Gasteiger partial charge in [0.25, 0.3) is 0 Å². The number of carbonyl (C=O) groups is 1. The van der Waals surface area contributed by atoms with Crippen LogP contribution in [0.1, 0.15) is 60.3 Å². The maximum absolute atomic E-state index is 12.4. The van der Waals surface area contributed by atoms with E-state index in [1.54, 1.807) is 0 Å². The number of esters is 1. The van der Waals surface area contributed by atoms with Gasteiger partial charge in [-0.25, -0.2) is 4.79 Å². The summed E-state index contributed by atoms with van der Waals surface area (Å²) in [6, 6.07) is 0. The third-order valence-corrected chi connectivity index (χ3v) is 5.75. The topological polar surface area (TPSA) is 46.5 Å². The molecule has 0 radical (unpaired) electrons. The van der Waals surface area contributed by atoms with E-state index in [1.165, 1.54) is 5.57 Å². The van der Waals surface area contributed by atoms with Crippen molar-refractivity contribution in [2.75, 3.05) is 6.61 Å². The molecule has 0 aromatic heterocycles. The van der Waals surface area contributed by atoms with Crippen LogP contribution in [0.25, 0.3) is 0 Å². The Morgan fingerprint density at radius 3 is 2.60 bits per heavy atom. The lowest BCUT2D eigenvalue weighted by molar-refractivity contribution is -0.144. The fraction of sp³-hybridized carbons (Fsp3) is 0.824. The Balaban J connectivity index is 2.45. The molecule has 2 aliphatic rings. The SMILES string of the molecule is CCOC(=O)C1=C(C)CC[C@H]2C(C)(C)[C@@H](O)CC[C@]12C. The number of hydrogen-bond acceptors (Lipinski definition) is 3. The summed E-state index contributed by atoms with van der Waals surface area (Å²) < 4.78 is 5.30. The Labute approximate surface area is 122 Å². The average Bonchev–Trinajstić information content (AvgIpc) is 2.34. The van der Waals surface area contributed by atoms with Crippen molar-refractivity contribution in [1.82, 2.24) is 0 Å². The average molecular weight is 280 g/mol. The van der Waals surface area contributed by atoms with E-state index in [0.717, 1.165) is 31.3 Å². The Kier molecular flexibility index (Phi) is 4.03. The quantitative estimate of drug-likeness (QED) is 0.788. The molecule has 0 amide bonds. The molecular formula is C17H28O3. The predicted octanol–water partition coefficient (Wildman–Crippen LogP) is 3.46. The standard InChI is InChI=1S/C17H28O3/c1-6-20-15(19)14-11(2)7-8-12-16(3,4)13(18)9-10-17(12,14)5/h12-13,18H,6-10H2,1-5H3/t12-,13-,17-/m0/s1. The molecule has 1 fully saturated rings. The summed E-state index contributed by atoms with van der Waals surface area (Å²) in [6.07, 6.45) is 3.34. The Bertz CT molecular complexity index is 436. The number of carbonyl (C=O) groups excluding carboxylic acids is 1. The van der Waals surface area contributed by atoms with Gasteiger partial charge in [-0.05, 0) is 50.9 Å². The number of hydrogen-bond donors (Lipinski definition) is 1. The first-order valence-electron chi connectivity index (χ1n) is 7.80. The van der Waals surface area contributed by atoms with Crippen LogP contribution in [0.15, 0.2) is 11.1 Å². The van der Waals surface area contributed by atoms with Crippen molar-refractivity contribution in [3.8, 4) is 0 Å². The molecule has 0 unspecified atom stereocenters. The second-order valence-corrected chi connectivity index (χ2v) is 7.26. The maximum Gasteiger partial charge on any atom is 0.334 e. The van der Waals surface area contributed by atoms with Crippen LogP contribution in [0.3, 0.4) is 0 Å². The normalized spacial score (nSPS) is 36.5. The molecule has 3 atom stereocenters. The van der Waals surface area contributed by atoms with Gasteiger partial charge < -0.3 is 9.84 Å². The number of rotatable bonds is 2. The molecule has 1 N–H and O–H groups in total. The number of fused-ring (bicyclic) bond motifs is 1. The van der Waals surface area contributed by atoms with Gasteiger partial charge in [0.2, 0.25) is 0 Å². The van der Waals surface area contributed by atoms with E-state index in [0.29, 0.717) is 12.5 Å². The highest BCUT2D eigenvalue weighted by Gasteiger charge is 2.55. The van der Waals surface area contributed by atoms with Crippen molar-refractivity contribution in [3.63, 3.8) is 0 Å². The highest BCUT2D eigenvalue weighted by atomic mass is 16.5. The van der Waals surface area contributed by atoms with E-state index >= 15 is 0 Å². The van der Waals surface area contributed by atoms with Gasteiger partial charge in [0.15, 0.2) is 0 Å². The number of aliphatic hydroxyl groups is 1. The third kappa shape index (κ3) is 2.20. The molecule has 3 nitrogen and oxygen atoms in total. The van der Waals surface area contributed by atoms with Gasteiger partial charge in [-0.3, -0.25) is 0 Å². The van der Waals surface area contributed by atoms with Crippen LogP contribution in [-0.2, 0) is 9.53 Å². The van der Waals surface area contributed by atoms with Crippen molar-refractivity contribution in [2.45, 2.75) is 66.4 Å². The van der Waals surface area contributed by atoms with Crippen molar-refractivity contribution in [3.05, 3.63) is 11.1 Å². The first-order valence-corrected chi connectivity index (χ1v) is 7.80. The molecule has 0 aromatic carbocycles. The van der Waals surface area contributed by atoms with Crippen molar-refractivity contribution < 1.29 is 14.6 Å². The van der Waals surface area contributed by atoms with Gasteiger partial charge >= 0.3 is 5.97 Å². The number of aliphatic hydroxyl groups excluding tert-OH is 1. The maximum atomic E-state index is 12.4. The highest BCUT2D eigenvalue weighted by molar-refractivity contribution is 5.91. The van der Waals surface area contributed by atoms with Crippen molar-refractivity contribution in [1.29, 1.82) is 0 Å². The first kappa shape index (κ1) is 15.6. The van der Waals surface area contributed by atoms with E-state index in [-0.39, 0.29) is 22.9 Å². The summed E-state index contributed by atoms with van der Waals surface area (Å²) in [5, 5.41) is 10.4. The lowest BCUT2D eigenvalue weighted by Crippen LogP contribution is -2.53. The smallest absolute Gasteiger partial charge is 0.334 e. The summed E-state index contributed by atoms with van der Waals surface area (Å²) in [5.41, 5.74) is 1.76.